The maximum Gasteiger partial charge on any atom is 0.226 e. The van der Waals surface area contributed by atoms with E-state index in [1.165, 1.54) is 11.3 Å². The predicted molar refractivity (Wildman–Crippen MR) is 88.4 cm³/mol. The van der Waals surface area contributed by atoms with Crippen LogP contribution < -0.4 is 10.1 Å². The van der Waals surface area contributed by atoms with Crippen molar-refractivity contribution in [2.45, 2.75) is 33.6 Å². The van der Waals surface area contributed by atoms with E-state index in [1.54, 1.807) is 7.11 Å². The fourth-order valence-corrected chi connectivity index (χ4v) is 2.73. The third-order valence-corrected chi connectivity index (χ3v) is 3.76. The molecular weight excluding hydrogens is 298 g/mol. The Labute approximate surface area is 134 Å². The summed E-state index contributed by atoms with van der Waals surface area (Å²) < 4.78 is 5.13. The van der Waals surface area contributed by atoms with Crippen LogP contribution in [0.1, 0.15) is 37.8 Å². The Bertz CT molecular complexity index is 630. The van der Waals surface area contributed by atoms with Crippen molar-refractivity contribution in [1.29, 1.82) is 0 Å². The quantitative estimate of drug-likeness (QED) is 0.916. The number of ether oxygens (including phenoxy) is 1. The lowest BCUT2D eigenvalue weighted by Crippen LogP contribution is -2.19. The minimum atomic E-state index is -0.0410. The second kappa shape index (κ2) is 6.87. The van der Waals surface area contributed by atoms with E-state index in [0.29, 0.717) is 18.0 Å². The van der Waals surface area contributed by atoms with Crippen molar-refractivity contribution in [2.75, 3.05) is 12.4 Å². The summed E-state index contributed by atoms with van der Waals surface area (Å²) in [6, 6.07) is 7.83. The largest absolute Gasteiger partial charge is 0.497 e. The van der Waals surface area contributed by atoms with Crippen LogP contribution >= 0.6 is 11.3 Å². The normalized spacial score (nSPS) is 11.3. The van der Waals surface area contributed by atoms with Gasteiger partial charge in [0.15, 0.2) is 0 Å². The van der Waals surface area contributed by atoms with Gasteiger partial charge < -0.3 is 10.1 Å². The molecule has 118 valence electrons. The summed E-state index contributed by atoms with van der Waals surface area (Å²) in [7, 11) is 1.65. The Morgan fingerprint density at radius 3 is 2.50 bits per heavy atom. The van der Waals surface area contributed by atoms with E-state index in [4.69, 9.17) is 4.74 Å². The lowest BCUT2D eigenvalue weighted by molar-refractivity contribution is -0.117. The summed E-state index contributed by atoms with van der Waals surface area (Å²) in [4.78, 5) is 11.9. The first kappa shape index (κ1) is 16.4. The van der Waals surface area contributed by atoms with Gasteiger partial charge in [0.1, 0.15) is 10.8 Å². The van der Waals surface area contributed by atoms with Crippen molar-refractivity contribution in [3.05, 3.63) is 34.8 Å². The maximum atomic E-state index is 11.9. The molecule has 0 spiro atoms. The van der Waals surface area contributed by atoms with Crippen molar-refractivity contribution >= 4 is 22.4 Å². The van der Waals surface area contributed by atoms with Crippen LogP contribution in [0.2, 0.25) is 0 Å². The number of hydrogen-bond donors (Lipinski definition) is 1. The van der Waals surface area contributed by atoms with Gasteiger partial charge >= 0.3 is 0 Å². The first-order chi connectivity index (χ1) is 10.4. The number of amides is 1. The smallest absolute Gasteiger partial charge is 0.226 e. The third-order valence-electron chi connectivity index (χ3n) is 2.92. The molecule has 0 fully saturated rings. The van der Waals surface area contributed by atoms with Gasteiger partial charge in [-0.1, -0.05) is 44.2 Å². The molecular formula is C16H21N3O2S. The molecule has 0 saturated heterocycles. The number of carbonyl (C=O) groups is 1. The number of nitrogens with zero attached hydrogens (tertiary/aromatic N) is 2. The lowest BCUT2D eigenvalue weighted by atomic mass is 9.92. The van der Waals surface area contributed by atoms with E-state index in [0.717, 1.165) is 16.3 Å². The number of aromatic nitrogens is 2. The average molecular weight is 319 g/mol. The second-order valence-corrected chi connectivity index (χ2v) is 7.37. The Morgan fingerprint density at radius 1 is 1.23 bits per heavy atom. The van der Waals surface area contributed by atoms with Crippen LogP contribution in [0, 0.1) is 5.41 Å². The van der Waals surface area contributed by atoms with E-state index in [-0.39, 0.29) is 11.3 Å². The summed E-state index contributed by atoms with van der Waals surface area (Å²) >= 11 is 1.41. The minimum Gasteiger partial charge on any atom is -0.497 e. The molecule has 0 unspecified atom stereocenters. The topological polar surface area (TPSA) is 64.1 Å². The molecule has 22 heavy (non-hydrogen) atoms. The highest BCUT2D eigenvalue weighted by Gasteiger charge is 2.17. The molecule has 1 aromatic heterocycles. The van der Waals surface area contributed by atoms with E-state index >= 15 is 0 Å². The summed E-state index contributed by atoms with van der Waals surface area (Å²) in [5.41, 5.74) is 1.09. The molecule has 0 aliphatic heterocycles. The van der Waals surface area contributed by atoms with E-state index in [9.17, 15) is 4.79 Å². The summed E-state index contributed by atoms with van der Waals surface area (Å²) in [5, 5.41) is 12.4. The van der Waals surface area contributed by atoms with Gasteiger partial charge in [0.2, 0.25) is 11.0 Å². The predicted octanol–water partition coefficient (Wildman–Crippen LogP) is 3.51. The number of methoxy groups -OCH3 is 1. The van der Waals surface area contributed by atoms with Gasteiger partial charge in [-0.3, -0.25) is 4.79 Å². The monoisotopic (exact) mass is 319 g/mol. The van der Waals surface area contributed by atoms with E-state index < -0.39 is 0 Å². The highest BCUT2D eigenvalue weighted by Crippen LogP contribution is 2.22. The number of hydrogen-bond acceptors (Lipinski definition) is 5. The van der Waals surface area contributed by atoms with Crippen molar-refractivity contribution in [1.82, 2.24) is 10.2 Å². The Hall–Kier alpha value is -1.95. The molecule has 2 aromatic rings. The van der Waals surface area contributed by atoms with Gasteiger partial charge in [-0.05, 0) is 23.1 Å². The minimum absolute atomic E-state index is 0.0281. The summed E-state index contributed by atoms with van der Waals surface area (Å²) in [5.74, 6) is 0.802. The zero-order valence-electron chi connectivity index (χ0n) is 13.3. The fourth-order valence-electron chi connectivity index (χ4n) is 1.94. The number of benzene rings is 1. The lowest BCUT2D eigenvalue weighted by Gasteiger charge is -2.16. The molecule has 0 saturated carbocycles. The highest BCUT2D eigenvalue weighted by atomic mass is 32.1. The summed E-state index contributed by atoms with van der Waals surface area (Å²) in [6.45, 7) is 6.09. The van der Waals surface area contributed by atoms with Gasteiger partial charge in [-0.2, -0.15) is 0 Å². The SMILES string of the molecule is COc1ccc(Cc2nnc(NC(=O)CC(C)(C)C)s2)cc1. The highest BCUT2D eigenvalue weighted by molar-refractivity contribution is 7.15. The van der Waals surface area contributed by atoms with Gasteiger partial charge in [0.25, 0.3) is 0 Å². The molecule has 5 nitrogen and oxygen atoms in total. The van der Waals surface area contributed by atoms with Crippen LogP contribution in [0.15, 0.2) is 24.3 Å². The molecule has 1 heterocycles. The molecule has 0 atom stereocenters. The number of carbonyl (C=O) groups excluding carboxylic acids is 1. The van der Waals surface area contributed by atoms with Crippen molar-refractivity contribution in [3.63, 3.8) is 0 Å². The molecule has 0 aliphatic rings. The molecule has 2 rings (SSSR count). The average Bonchev–Trinajstić information content (AvgIpc) is 2.84. The van der Waals surface area contributed by atoms with Gasteiger partial charge in [0.05, 0.1) is 7.11 Å². The number of anilines is 1. The number of rotatable bonds is 5. The maximum absolute atomic E-state index is 11.9. The Morgan fingerprint density at radius 2 is 1.91 bits per heavy atom. The van der Waals surface area contributed by atoms with Crippen LogP contribution in [0.4, 0.5) is 5.13 Å². The zero-order valence-corrected chi connectivity index (χ0v) is 14.2. The van der Waals surface area contributed by atoms with Gasteiger partial charge in [-0.15, -0.1) is 10.2 Å². The summed E-state index contributed by atoms with van der Waals surface area (Å²) in [6.07, 6.45) is 1.15. The first-order valence-corrected chi connectivity index (χ1v) is 7.92. The molecule has 0 bridgehead atoms. The van der Waals surface area contributed by atoms with Crippen LogP contribution in [0.5, 0.6) is 5.75 Å². The molecule has 0 radical (unpaired) electrons. The molecule has 1 amide bonds. The molecule has 0 aliphatic carbocycles. The van der Waals surface area contributed by atoms with E-state index in [2.05, 4.69) is 15.5 Å². The fraction of sp³-hybridized carbons (Fsp3) is 0.438. The van der Waals surface area contributed by atoms with Crippen molar-refractivity contribution in [3.8, 4) is 5.75 Å². The molecule has 1 N–H and O–H groups in total. The van der Waals surface area contributed by atoms with Crippen LogP contribution in [-0.2, 0) is 11.2 Å². The zero-order chi connectivity index (χ0) is 16.2. The first-order valence-electron chi connectivity index (χ1n) is 7.11. The van der Waals surface area contributed by atoms with Crippen LogP contribution in [-0.4, -0.2) is 23.2 Å². The van der Waals surface area contributed by atoms with Crippen LogP contribution in [0.25, 0.3) is 0 Å². The van der Waals surface area contributed by atoms with Gasteiger partial charge in [0, 0.05) is 12.8 Å². The van der Waals surface area contributed by atoms with Crippen LogP contribution in [0.3, 0.4) is 0 Å². The Kier molecular flexibility index (Phi) is 5.13. The Balaban J connectivity index is 1.94. The number of nitrogens with one attached hydrogen (secondary N) is 1. The van der Waals surface area contributed by atoms with Crippen molar-refractivity contribution < 1.29 is 9.53 Å². The van der Waals surface area contributed by atoms with E-state index in [1.807, 2.05) is 45.0 Å². The molecule has 1 aromatic carbocycles. The second-order valence-electron chi connectivity index (χ2n) is 6.31. The van der Waals surface area contributed by atoms with Crippen molar-refractivity contribution in [2.24, 2.45) is 5.41 Å². The molecule has 6 heteroatoms. The third kappa shape index (κ3) is 5.11. The van der Waals surface area contributed by atoms with Gasteiger partial charge in [-0.25, -0.2) is 0 Å². The standard InChI is InChI=1S/C16H21N3O2S/c1-16(2,3)10-13(20)17-15-19-18-14(22-15)9-11-5-7-12(21-4)8-6-11/h5-8H,9-10H2,1-4H3,(H,17,19,20).